The summed E-state index contributed by atoms with van der Waals surface area (Å²) in [6, 6.07) is 41.2. The first-order valence-electron chi connectivity index (χ1n) is 10.9. The second-order valence-electron chi connectivity index (χ2n) is 7.97. The molecule has 0 fully saturated rings. The molecule has 2 heterocycles. The van der Waals surface area contributed by atoms with Crippen molar-refractivity contribution >= 4 is 28.8 Å². The van der Waals surface area contributed by atoms with Gasteiger partial charge in [0.05, 0.1) is 11.4 Å². The van der Waals surface area contributed by atoms with E-state index in [1.54, 1.807) is 0 Å². The maximum atomic E-state index is 4.96. The van der Waals surface area contributed by atoms with E-state index in [9.17, 15) is 0 Å². The SMILES string of the molecule is Cc1cnc(-c2ccccn2)c([Si](c2ccccc2)(c2ccccc2)c2ccccc2)c1. The van der Waals surface area contributed by atoms with Gasteiger partial charge in [-0.1, -0.05) is 103 Å². The third-order valence-corrected chi connectivity index (χ3v) is 10.7. The summed E-state index contributed by atoms with van der Waals surface area (Å²) in [7, 11) is -2.66. The van der Waals surface area contributed by atoms with Crippen LogP contribution in [0.2, 0.25) is 0 Å². The second kappa shape index (κ2) is 8.73. The maximum absolute atomic E-state index is 4.96. The summed E-state index contributed by atoms with van der Waals surface area (Å²) in [6.45, 7) is 2.12. The van der Waals surface area contributed by atoms with E-state index in [0.717, 1.165) is 17.0 Å². The molecule has 0 aliphatic heterocycles. The van der Waals surface area contributed by atoms with Gasteiger partial charge in [0.2, 0.25) is 0 Å². The molecule has 0 spiro atoms. The molecule has 2 aromatic heterocycles. The van der Waals surface area contributed by atoms with Gasteiger partial charge in [-0.2, -0.15) is 0 Å². The van der Waals surface area contributed by atoms with Crippen LogP contribution in [-0.2, 0) is 0 Å². The van der Waals surface area contributed by atoms with Gasteiger partial charge < -0.3 is 0 Å². The molecule has 2 nitrogen and oxygen atoms in total. The van der Waals surface area contributed by atoms with Gasteiger partial charge in [0.1, 0.15) is 0 Å². The Bertz CT molecular complexity index is 1210. The Kier molecular flexibility index (Phi) is 5.49. The summed E-state index contributed by atoms with van der Waals surface area (Å²) in [6.07, 6.45) is 3.80. The Morgan fingerprint density at radius 1 is 0.562 bits per heavy atom. The molecule has 0 bridgehead atoms. The van der Waals surface area contributed by atoms with Crippen LogP contribution in [0, 0.1) is 6.92 Å². The van der Waals surface area contributed by atoms with Crippen LogP contribution >= 0.6 is 0 Å². The van der Waals surface area contributed by atoms with Gasteiger partial charge in [-0.25, -0.2) is 0 Å². The average molecular weight is 429 g/mol. The Morgan fingerprint density at radius 3 is 1.53 bits per heavy atom. The molecular weight excluding hydrogens is 404 g/mol. The van der Waals surface area contributed by atoms with Crippen LogP contribution in [0.4, 0.5) is 0 Å². The molecule has 32 heavy (non-hydrogen) atoms. The van der Waals surface area contributed by atoms with Crippen molar-refractivity contribution in [3.8, 4) is 11.4 Å². The molecule has 0 unspecified atom stereocenters. The molecule has 0 radical (unpaired) electrons. The molecule has 5 rings (SSSR count). The fourth-order valence-corrected chi connectivity index (χ4v) is 9.60. The minimum Gasteiger partial charge on any atom is -0.255 e. The van der Waals surface area contributed by atoms with E-state index in [0.29, 0.717) is 0 Å². The Labute approximate surface area is 190 Å². The zero-order valence-electron chi connectivity index (χ0n) is 18.0. The predicted octanol–water partition coefficient (Wildman–Crippen LogP) is 3.83. The number of rotatable bonds is 5. The monoisotopic (exact) mass is 428 g/mol. The third-order valence-electron chi connectivity index (χ3n) is 5.96. The molecule has 0 N–H and O–H groups in total. The summed E-state index contributed by atoms with van der Waals surface area (Å²) in [5, 5.41) is 5.27. The summed E-state index contributed by atoms with van der Waals surface area (Å²) in [5.41, 5.74) is 3.01. The standard InChI is InChI=1S/C29H24N2Si/c1-23-21-28(29(31-22-23)27-19-11-12-20-30-27)32(24-13-5-2-6-14-24,25-15-7-3-8-16-25)26-17-9-4-10-18-26/h2-22H,1H3. The molecule has 0 saturated heterocycles. The van der Waals surface area contributed by atoms with E-state index < -0.39 is 8.07 Å². The lowest BCUT2D eigenvalue weighted by molar-refractivity contribution is 1.23. The van der Waals surface area contributed by atoms with Crippen LogP contribution in [0.1, 0.15) is 5.56 Å². The first-order chi connectivity index (χ1) is 15.8. The van der Waals surface area contributed by atoms with E-state index in [4.69, 9.17) is 9.97 Å². The highest BCUT2D eigenvalue weighted by Gasteiger charge is 2.43. The first kappa shape index (κ1) is 20.1. The van der Waals surface area contributed by atoms with E-state index in [1.165, 1.54) is 20.7 Å². The van der Waals surface area contributed by atoms with Crippen LogP contribution in [0.3, 0.4) is 0 Å². The quantitative estimate of drug-likeness (QED) is 0.314. The molecule has 3 aromatic carbocycles. The van der Waals surface area contributed by atoms with Crippen LogP contribution in [0.25, 0.3) is 11.4 Å². The van der Waals surface area contributed by atoms with E-state index >= 15 is 0 Å². The molecule has 0 atom stereocenters. The number of pyridine rings is 2. The van der Waals surface area contributed by atoms with Crippen molar-refractivity contribution in [3.63, 3.8) is 0 Å². The lowest BCUT2D eigenvalue weighted by Crippen LogP contribution is -2.75. The molecule has 154 valence electrons. The van der Waals surface area contributed by atoms with Gasteiger partial charge in [0.15, 0.2) is 8.07 Å². The van der Waals surface area contributed by atoms with Gasteiger partial charge in [-0.15, -0.1) is 0 Å². The van der Waals surface area contributed by atoms with Gasteiger partial charge in [0.25, 0.3) is 0 Å². The summed E-state index contributed by atoms with van der Waals surface area (Å²) < 4.78 is 0. The first-order valence-corrected chi connectivity index (χ1v) is 12.9. The number of aryl methyl sites for hydroxylation is 1. The lowest BCUT2D eigenvalue weighted by Gasteiger charge is -2.35. The molecule has 3 heteroatoms. The largest absolute Gasteiger partial charge is 0.255 e. The number of aromatic nitrogens is 2. The van der Waals surface area contributed by atoms with E-state index in [2.05, 4.69) is 110 Å². The van der Waals surface area contributed by atoms with Gasteiger partial charge in [0, 0.05) is 12.4 Å². The third kappa shape index (κ3) is 3.47. The fraction of sp³-hybridized carbons (Fsp3) is 0.0345. The van der Waals surface area contributed by atoms with Crippen molar-refractivity contribution in [2.75, 3.05) is 0 Å². The number of benzene rings is 3. The van der Waals surface area contributed by atoms with Gasteiger partial charge >= 0.3 is 0 Å². The highest BCUT2D eigenvalue weighted by Crippen LogP contribution is 2.18. The minimum atomic E-state index is -2.66. The topological polar surface area (TPSA) is 25.8 Å². The van der Waals surface area contributed by atoms with Crippen molar-refractivity contribution in [3.05, 3.63) is 133 Å². The summed E-state index contributed by atoms with van der Waals surface area (Å²) in [5.74, 6) is 0. The Hall–Kier alpha value is -3.82. The fourth-order valence-electron chi connectivity index (χ4n) is 4.59. The Balaban J connectivity index is 1.96. The minimum absolute atomic E-state index is 0.905. The summed E-state index contributed by atoms with van der Waals surface area (Å²) in [4.78, 5) is 9.66. The lowest BCUT2D eigenvalue weighted by atomic mass is 10.2. The van der Waals surface area contributed by atoms with Crippen LogP contribution in [-0.4, -0.2) is 18.0 Å². The average Bonchev–Trinajstić information content (AvgIpc) is 2.87. The van der Waals surface area contributed by atoms with Crippen molar-refractivity contribution in [2.24, 2.45) is 0 Å². The Morgan fingerprint density at radius 2 is 1.06 bits per heavy atom. The maximum Gasteiger partial charge on any atom is 0.182 e. The zero-order valence-corrected chi connectivity index (χ0v) is 19.0. The number of hydrogen-bond acceptors (Lipinski definition) is 2. The number of nitrogens with zero attached hydrogens (tertiary/aromatic N) is 2. The van der Waals surface area contributed by atoms with Crippen LogP contribution < -0.4 is 20.7 Å². The van der Waals surface area contributed by atoms with Crippen molar-refractivity contribution in [1.82, 2.24) is 9.97 Å². The normalized spacial score (nSPS) is 11.3. The molecular formula is C29H24N2Si. The molecule has 0 aliphatic rings. The van der Waals surface area contributed by atoms with Crippen molar-refractivity contribution in [1.29, 1.82) is 0 Å². The van der Waals surface area contributed by atoms with Crippen LogP contribution in [0.5, 0.6) is 0 Å². The highest BCUT2D eigenvalue weighted by atomic mass is 28.3. The molecule has 0 amide bonds. The van der Waals surface area contributed by atoms with Gasteiger partial charge in [-0.05, 0) is 45.4 Å². The number of hydrogen-bond donors (Lipinski definition) is 0. The van der Waals surface area contributed by atoms with Crippen LogP contribution in [0.15, 0.2) is 128 Å². The van der Waals surface area contributed by atoms with E-state index in [-0.39, 0.29) is 0 Å². The summed E-state index contributed by atoms with van der Waals surface area (Å²) >= 11 is 0. The van der Waals surface area contributed by atoms with Crippen molar-refractivity contribution in [2.45, 2.75) is 6.92 Å². The van der Waals surface area contributed by atoms with Crippen molar-refractivity contribution < 1.29 is 0 Å². The second-order valence-corrected chi connectivity index (χ2v) is 11.7. The highest BCUT2D eigenvalue weighted by molar-refractivity contribution is 7.20. The smallest absolute Gasteiger partial charge is 0.182 e. The molecule has 5 aromatic rings. The molecule has 0 aliphatic carbocycles. The zero-order chi connectivity index (χ0) is 21.8. The van der Waals surface area contributed by atoms with E-state index in [1.807, 2.05) is 24.5 Å². The molecule has 0 saturated carbocycles. The van der Waals surface area contributed by atoms with Gasteiger partial charge in [-0.3, -0.25) is 9.97 Å². The predicted molar refractivity (Wildman–Crippen MR) is 136 cm³/mol.